The number of aromatic nitrogens is 2. The second kappa shape index (κ2) is 7.31. The zero-order chi connectivity index (χ0) is 14.4. The number of hydrogen-bond acceptors (Lipinski definition) is 5. The van der Waals surface area contributed by atoms with Crippen molar-refractivity contribution in [3.8, 4) is 5.75 Å². The largest absolute Gasteiger partial charge is 0.490 e. The van der Waals surface area contributed by atoms with Gasteiger partial charge in [-0.3, -0.25) is 0 Å². The summed E-state index contributed by atoms with van der Waals surface area (Å²) in [6.07, 6.45) is 8.06. The minimum Gasteiger partial charge on any atom is -0.490 e. The van der Waals surface area contributed by atoms with Crippen molar-refractivity contribution in [1.29, 1.82) is 0 Å². The second-order valence-electron chi connectivity index (χ2n) is 5.54. The lowest BCUT2D eigenvalue weighted by Crippen LogP contribution is -2.25. The summed E-state index contributed by atoms with van der Waals surface area (Å²) in [7, 11) is 3.77. The standard InChI is InChI=1S/C15H26N4O/c1-4-9-16-14-13(20-3)15(18-11-17-14)19(2)10-12-7-5-6-8-12/h11-12H,4-10H2,1-3H3,(H,16,17,18). The fraction of sp³-hybridized carbons (Fsp3) is 0.733. The fourth-order valence-corrected chi connectivity index (χ4v) is 2.86. The van der Waals surface area contributed by atoms with Gasteiger partial charge >= 0.3 is 0 Å². The predicted molar refractivity (Wildman–Crippen MR) is 82.6 cm³/mol. The first kappa shape index (κ1) is 14.9. The van der Waals surface area contributed by atoms with E-state index in [2.05, 4.69) is 34.2 Å². The van der Waals surface area contributed by atoms with E-state index in [1.165, 1.54) is 25.7 Å². The highest BCUT2D eigenvalue weighted by Gasteiger charge is 2.21. The Morgan fingerprint density at radius 2 is 2.10 bits per heavy atom. The summed E-state index contributed by atoms with van der Waals surface area (Å²) in [5.74, 6) is 3.21. The Labute approximate surface area is 121 Å². The van der Waals surface area contributed by atoms with Gasteiger partial charge in [0.1, 0.15) is 6.33 Å². The number of ether oxygens (including phenoxy) is 1. The molecule has 1 saturated carbocycles. The zero-order valence-electron chi connectivity index (χ0n) is 12.9. The van der Waals surface area contributed by atoms with Crippen LogP contribution in [0, 0.1) is 5.92 Å². The molecule has 1 aliphatic carbocycles. The lowest BCUT2D eigenvalue weighted by molar-refractivity contribution is 0.411. The van der Waals surface area contributed by atoms with Crippen LogP contribution in [0.3, 0.4) is 0 Å². The second-order valence-corrected chi connectivity index (χ2v) is 5.54. The summed E-state index contributed by atoms with van der Waals surface area (Å²) < 4.78 is 5.53. The van der Waals surface area contributed by atoms with Crippen molar-refractivity contribution < 1.29 is 4.74 Å². The third-order valence-corrected chi connectivity index (χ3v) is 3.90. The Bertz CT molecular complexity index is 418. The molecule has 0 bridgehead atoms. The van der Waals surface area contributed by atoms with Gasteiger partial charge in [-0.25, -0.2) is 9.97 Å². The molecule has 1 aromatic rings. The average molecular weight is 278 g/mol. The summed E-state index contributed by atoms with van der Waals surface area (Å²) in [6.45, 7) is 4.06. The molecule has 2 rings (SSSR count). The van der Waals surface area contributed by atoms with Gasteiger partial charge < -0.3 is 15.0 Å². The number of rotatable bonds is 7. The molecule has 0 saturated heterocycles. The Hall–Kier alpha value is -1.52. The molecule has 0 spiro atoms. The SMILES string of the molecule is CCCNc1ncnc(N(C)CC2CCCC2)c1OC. The molecule has 0 atom stereocenters. The lowest BCUT2D eigenvalue weighted by atomic mass is 10.1. The van der Waals surface area contributed by atoms with Crippen molar-refractivity contribution in [3.05, 3.63) is 6.33 Å². The van der Waals surface area contributed by atoms with E-state index < -0.39 is 0 Å². The highest BCUT2D eigenvalue weighted by Crippen LogP contribution is 2.33. The molecule has 20 heavy (non-hydrogen) atoms. The molecule has 0 aliphatic heterocycles. The number of nitrogens with one attached hydrogen (secondary N) is 1. The van der Waals surface area contributed by atoms with Gasteiger partial charge in [0.2, 0.25) is 5.75 Å². The maximum absolute atomic E-state index is 5.53. The van der Waals surface area contributed by atoms with Crippen molar-refractivity contribution in [2.45, 2.75) is 39.0 Å². The Balaban J connectivity index is 2.12. The van der Waals surface area contributed by atoms with E-state index in [4.69, 9.17) is 4.74 Å². The minimum absolute atomic E-state index is 0.751. The average Bonchev–Trinajstić information content (AvgIpc) is 2.97. The molecule has 0 amide bonds. The zero-order valence-corrected chi connectivity index (χ0v) is 12.9. The number of nitrogens with zero attached hydrogens (tertiary/aromatic N) is 3. The molecule has 5 nitrogen and oxygen atoms in total. The van der Waals surface area contributed by atoms with E-state index in [-0.39, 0.29) is 0 Å². The van der Waals surface area contributed by atoms with Crippen molar-refractivity contribution in [2.75, 3.05) is 37.5 Å². The third-order valence-electron chi connectivity index (χ3n) is 3.90. The van der Waals surface area contributed by atoms with Gasteiger partial charge in [-0.2, -0.15) is 0 Å². The van der Waals surface area contributed by atoms with Crippen molar-refractivity contribution >= 4 is 11.6 Å². The molecule has 112 valence electrons. The van der Waals surface area contributed by atoms with Crippen LogP contribution in [0.1, 0.15) is 39.0 Å². The van der Waals surface area contributed by atoms with Crippen molar-refractivity contribution in [2.24, 2.45) is 5.92 Å². The van der Waals surface area contributed by atoms with Crippen LogP contribution in [0.4, 0.5) is 11.6 Å². The predicted octanol–water partition coefficient (Wildman–Crippen LogP) is 2.93. The maximum Gasteiger partial charge on any atom is 0.204 e. The van der Waals surface area contributed by atoms with Crippen LogP contribution in [0.15, 0.2) is 6.33 Å². The molecule has 0 aromatic carbocycles. The summed E-state index contributed by atoms with van der Waals surface area (Å²) in [5.41, 5.74) is 0. The van der Waals surface area contributed by atoms with Crippen molar-refractivity contribution in [1.82, 2.24) is 9.97 Å². The van der Waals surface area contributed by atoms with Gasteiger partial charge in [-0.05, 0) is 25.2 Å². The summed E-state index contributed by atoms with van der Waals surface area (Å²) in [5, 5.41) is 3.30. The first-order valence-corrected chi connectivity index (χ1v) is 7.60. The molecule has 1 N–H and O–H groups in total. The number of hydrogen-bond donors (Lipinski definition) is 1. The third kappa shape index (κ3) is 3.52. The van der Waals surface area contributed by atoms with Gasteiger partial charge in [0.05, 0.1) is 7.11 Å². The molecule has 1 heterocycles. The van der Waals surface area contributed by atoms with Crippen LogP contribution in [-0.2, 0) is 0 Å². The first-order chi connectivity index (χ1) is 9.76. The summed E-state index contributed by atoms with van der Waals surface area (Å²) >= 11 is 0. The Morgan fingerprint density at radius 1 is 1.35 bits per heavy atom. The smallest absolute Gasteiger partial charge is 0.204 e. The van der Waals surface area contributed by atoms with E-state index in [9.17, 15) is 0 Å². The normalized spacial score (nSPS) is 15.3. The van der Waals surface area contributed by atoms with Gasteiger partial charge in [0, 0.05) is 20.1 Å². The first-order valence-electron chi connectivity index (χ1n) is 7.60. The van der Waals surface area contributed by atoms with E-state index >= 15 is 0 Å². The van der Waals surface area contributed by atoms with Gasteiger partial charge in [-0.1, -0.05) is 19.8 Å². The van der Waals surface area contributed by atoms with E-state index in [1.807, 2.05) is 0 Å². The van der Waals surface area contributed by atoms with Gasteiger partial charge in [0.15, 0.2) is 11.6 Å². The molecule has 5 heteroatoms. The monoisotopic (exact) mass is 278 g/mol. The lowest BCUT2D eigenvalue weighted by Gasteiger charge is -2.24. The van der Waals surface area contributed by atoms with Gasteiger partial charge in [0.25, 0.3) is 0 Å². The fourth-order valence-electron chi connectivity index (χ4n) is 2.86. The molecular weight excluding hydrogens is 252 g/mol. The highest BCUT2D eigenvalue weighted by molar-refractivity contribution is 5.64. The van der Waals surface area contributed by atoms with E-state index in [0.717, 1.165) is 42.8 Å². The number of methoxy groups -OCH3 is 1. The van der Waals surface area contributed by atoms with Gasteiger partial charge in [-0.15, -0.1) is 0 Å². The van der Waals surface area contributed by atoms with E-state index in [1.54, 1.807) is 13.4 Å². The molecule has 0 unspecified atom stereocenters. The topological polar surface area (TPSA) is 50.3 Å². The summed E-state index contributed by atoms with van der Waals surface area (Å²) in [4.78, 5) is 10.9. The molecule has 1 fully saturated rings. The molecule has 0 radical (unpaired) electrons. The Kier molecular flexibility index (Phi) is 5.44. The molecular formula is C15H26N4O. The van der Waals surface area contributed by atoms with E-state index in [0.29, 0.717) is 0 Å². The van der Waals surface area contributed by atoms with Crippen LogP contribution < -0.4 is 15.0 Å². The number of anilines is 2. The molecule has 1 aliphatic rings. The van der Waals surface area contributed by atoms with Crippen LogP contribution in [0.2, 0.25) is 0 Å². The van der Waals surface area contributed by atoms with Crippen LogP contribution in [0.25, 0.3) is 0 Å². The Morgan fingerprint density at radius 3 is 2.75 bits per heavy atom. The highest BCUT2D eigenvalue weighted by atomic mass is 16.5. The molecule has 1 aromatic heterocycles. The maximum atomic E-state index is 5.53. The van der Waals surface area contributed by atoms with Crippen LogP contribution in [-0.4, -0.2) is 37.2 Å². The quantitative estimate of drug-likeness (QED) is 0.831. The minimum atomic E-state index is 0.751. The summed E-state index contributed by atoms with van der Waals surface area (Å²) in [6, 6.07) is 0. The van der Waals surface area contributed by atoms with Crippen LogP contribution >= 0.6 is 0 Å². The van der Waals surface area contributed by atoms with Crippen LogP contribution in [0.5, 0.6) is 5.75 Å². The van der Waals surface area contributed by atoms with Crippen molar-refractivity contribution in [3.63, 3.8) is 0 Å².